The van der Waals surface area contributed by atoms with Crippen LogP contribution in [0.3, 0.4) is 0 Å². The van der Waals surface area contributed by atoms with E-state index in [-0.39, 0.29) is 0 Å². The van der Waals surface area contributed by atoms with Crippen LogP contribution in [0.15, 0.2) is 0 Å². The Labute approximate surface area is 113 Å². The van der Waals surface area contributed by atoms with Gasteiger partial charge in [-0.3, -0.25) is 4.90 Å². The number of hydrogen-bond donors (Lipinski definition) is 1. The number of nitrogens with zero attached hydrogens (tertiary/aromatic N) is 1. The molecule has 2 saturated carbocycles. The molecule has 0 spiro atoms. The lowest BCUT2D eigenvalue weighted by atomic mass is 9.76. The van der Waals surface area contributed by atoms with Crippen molar-refractivity contribution in [3.05, 3.63) is 0 Å². The Balaban J connectivity index is 1.63. The minimum absolute atomic E-state index is 0.813. The second-order valence-corrected chi connectivity index (χ2v) is 7.15. The van der Waals surface area contributed by atoms with Crippen LogP contribution in [0.1, 0.15) is 52.4 Å². The van der Waals surface area contributed by atoms with E-state index in [0.717, 1.165) is 29.8 Å². The smallest absolute Gasteiger partial charge is 0.0223 e. The Kier molecular flexibility index (Phi) is 3.95. The highest BCUT2D eigenvalue weighted by Gasteiger charge is 2.38. The molecule has 0 bridgehead atoms. The summed E-state index contributed by atoms with van der Waals surface area (Å²) in [5.74, 6) is 2.83. The molecule has 2 nitrogen and oxygen atoms in total. The molecule has 3 fully saturated rings. The van der Waals surface area contributed by atoms with Crippen LogP contribution in [0.2, 0.25) is 0 Å². The molecule has 1 aliphatic heterocycles. The maximum absolute atomic E-state index is 3.75. The van der Waals surface area contributed by atoms with Gasteiger partial charge in [-0.1, -0.05) is 26.7 Å². The monoisotopic (exact) mass is 250 g/mol. The quantitative estimate of drug-likeness (QED) is 0.828. The molecule has 0 aromatic carbocycles. The summed E-state index contributed by atoms with van der Waals surface area (Å²) < 4.78 is 0. The first-order valence-corrected chi connectivity index (χ1v) is 8.23. The van der Waals surface area contributed by atoms with E-state index in [9.17, 15) is 0 Å². The van der Waals surface area contributed by atoms with E-state index in [2.05, 4.69) is 24.1 Å². The first-order valence-electron chi connectivity index (χ1n) is 8.23. The van der Waals surface area contributed by atoms with Crippen molar-refractivity contribution in [2.24, 2.45) is 17.8 Å². The summed E-state index contributed by atoms with van der Waals surface area (Å²) in [6.07, 6.45) is 8.82. The third-order valence-electron chi connectivity index (χ3n) is 5.53. The molecule has 2 aliphatic carbocycles. The molecule has 3 unspecified atom stereocenters. The van der Waals surface area contributed by atoms with Crippen molar-refractivity contribution in [1.29, 1.82) is 0 Å². The molecule has 0 radical (unpaired) electrons. The fourth-order valence-corrected chi connectivity index (χ4v) is 4.29. The third-order valence-corrected chi connectivity index (χ3v) is 5.53. The van der Waals surface area contributed by atoms with Crippen molar-refractivity contribution in [2.45, 2.75) is 64.5 Å². The normalized spacial score (nSPS) is 39.2. The molecular formula is C16H30N2. The molecule has 1 heterocycles. The van der Waals surface area contributed by atoms with Crippen LogP contribution < -0.4 is 5.32 Å². The molecule has 3 aliphatic rings. The van der Waals surface area contributed by atoms with E-state index in [1.165, 1.54) is 58.2 Å². The standard InChI is InChI=1S/C16H30N2/c1-12(2)14-5-3-4-6-16(14)18-10-9-17-15(11-18)13-7-8-13/h12-17H,3-11H2,1-2H3. The second kappa shape index (κ2) is 5.50. The van der Waals surface area contributed by atoms with Gasteiger partial charge in [0.2, 0.25) is 0 Å². The highest BCUT2D eigenvalue weighted by Crippen LogP contribution is 2.37. The lowest BCUT2D eigenvalue weighted by molar-refractivity contribution is 0.0519. The summed E-state index contributed by atoms with van der Waals surface area (Å²) in [5.41, 5.74) is 0. The van der Waals surface area contributed by atoms with Gasteiger partial charge in [0.1, 0.15) is 0 Å². The minimum atomic E-state index is 0.813. The average molecular weight is 250 g/mol. The lowest BCUT2D eigenvalue weighted by Crippen LogP contribution is -2.57. The highest BCUT2D eigenvalue weighted by molar-refractivity contribution is 4.95. The first kappa shape index (κ1) is 12.9. The van der Waals surface area contributed by atoms with Crippen LogP contribution in [-0.2, 0) is 0 Å². The Bertz CT molecular complexity index is 272. The summed E-state index contributed by atoms with van der Waals surface area (Å²) >= 11 is 0. The molecule has 1 N–H and O–H groups in total. The molecule has 3 atom stereocenters. The van der Waals surface area contributed by atoms with Crippen molar-refractivity contribution in [3.63, 3.8) is 0 Å². The topological polar surface area (TPSA) is 15.3 Å². The van der Waals surface area contributed by atoms with Gasteiger partial charge in [-0.2, -0.15) is 0 Å². The molecule has 0 aromatic heterocycles. The van der Waals surface area contributed by atoms with Crippen molar-refractivity contribution in [3.8, 4) is 0 Å². The predicted octanol–water partition coefficient (Wildman–Crippen LogP) is 2.89. The number of hydrogen-bond acceptors (Lipinski definition) is 2. The van der Waals surface area contributed by atoms with Crippen LogP contribution in [0, 0.1) is 17.8 Å². The highest BCUT2D eigenvalue weighted by atomic mass is 15.2. The zero-order valence-corrected chi connectivity index (χ0v) is 12.2. The fourth-order valence-electron chi connectivity index (χ4n) is 4.29. The van der Waals surface area contributed by atoms with E-state index in [4.69, 9.17) is 0 Å². The zero-order valence-electron chi connectivity index (χ0n) is 12.2. The lowest BCUT2D eigenvalue weighted by Gasteiger charge is -2.45. The maximum atomic E-state index is 3.75. The zero-order chi connectivity index (χ0) is 12.5. The molecule has 18 heavy (non-hydrogen) atoms. The van der Waals surface area contributed by atoms with Crippen molar-refractivity contribution < 1.29 is 0 Å². The summed E-state index contributed by atoms with van der Waals surface area (Å²) in [4.78, 5) is 2.85. The van der Waals surface area contributed by atoms with Gasteiger partial charge in [0, 0.05) is 31.7 Å². The molecule has 104 valence electrons. The Morgan fingerprint density at radius 1 is 1.06 bits per heavy atom. The summed E-state index contributed by atoms with van der Waals surface area (Å²) in [7, 11) is 0. The average Bonchev–Trinajstić information content (AvgIpc) is 3.23. The van der Waals surface area contributed by atoms with Crippen LogP contribution >= 0.6 is 0 Å². The Morgan fingerprint density at radius 3 is 2.56 bits per heavy atom. The maximum Gasteiger partial charge on any atom is 0.0223 e. The van der Waals surface area contributed by atoms with Gasteiger partial charge in [0.15, 0.2) is 0 Å². The van der Waals surface area contributed by atoms with Crippen molar-refractivity contribution in [1.82, 2.24) is 10.2 Å². The summed E-state index contributed by atoms with van der Waals surface area (Å²) in [6, 6.07) is 1.70. The minimum Gasteiger partial charge on any atom is -0.311 e. The summed E-state index contributed by atoms with van der Waals surface area (Å²) in [5, 5.41) is 3.75. The van der Waals surface area contributed by atoms with Gasteiger partial charge in [0.05, 0.1) is 0 Å². The molecule has 3 rings (SSSR count). The van der Waals surface area contributed by atoms with E-state index in [1.54, 1.807) is 0 Å². The molecule has 2 heteroatoms. The molecule has 0 amide bonds. The van der Waals surface area contributed by atoms with Crippen LogP contribution in [0.25, 0.3) is 0 Å². The van der Waals surface area contributed by atoms with Crippen LogP contribution in [0.5, 0.6) is 0 Å². The van der Waals surface area contributed by atoms with Gasteiger partial charge in [-0.15, -0.1) is 0 Å². The van der Waals surface area contributed by atoms with Gasteiger partial charge in [-0.05, 0) is 43.4 Å². The molecule has 0 aromatic rings. The van der Waals surface area contributed by atoms with Crippen LogP contribution in [-0.4, -0.2) is 36.6 Å². The summed E-state index contributed by atoms with van der Waals surface area (Å²) in [6.45, 7) is 8.71. The third kappa shape index (κ3) is 2.75. The number of piperazine rings is 1. The molecular weight excluding hydrogens is 220 g/mol. The predicted molar refractivity (Wildman–Crippen MR) is 76.7 cm³/mol. The van der Waals surface area contributed by atoms with Gasteiger partial charge in [0.25, 0.3) is 0 Å². The van der Waals surface area contributed by atoms with E-state index < -0.39 is 0 Å². The van der Waals surface area contributed by atoms with Crippen LogP contribution in [0.4, 0.5) is 0 Å². The Hall–Kier alpha value is -0.0800. The van der Waals surface area contributed by atoms with E-state index in [1.807, 2.05) is 0 Å². The second-order valence-electron chi connectivity index (χ2n) is 7.15. The van der Waals surface area contributed by atoms with Gasteiger partial charge >= 0.3 is 0 Å². The fraction of sp³-hybridized carbons (Fsp3) is 1.00. The molecule has 1 saturated heterocycles. The van der Waals surface area contributed by atoms with Gasteiger partial charge in [-0.25, -0.2) is 0 Å². The van der Waals surface area contributed by atoms with Crippen molar-refractivity contribution >= 4 is 0 Å². The number of nitrogens with one attached hydrogen (secondary N) is 1. The van der Waals surface area contributed by atoms with Gasteiger partial charge < -0.3 is 5.32 Å². The largest absolute Gasteiger partial charge is 0.311 e. The van der Waals surface area contributed by atoms with E-state index in [0.29, 0.717) is 0 Å². The Morgan fingerprint density at radius 2 is 1.83 bits per heavy atom. The number of rotatable bonds is 3. The SMILES string of the molecule is CC(C)C1CCCCC1N1CCNC(C2CC2)C1. The first-order chi connectivity index (χ1) is 8.75. The van der Waals surface area contributed by atoms with E-state index >= 15 is 0 Å². The van der Waals surface area contributed by atoms with Crippen molar-refractivity contribution in [2.75, 3.05) is 19.6 Å².